The van der Waals surface area contributed by atoms with Crippen molar-refractivity contribution < 1.29 is 15.0 Å². The van der Waals surface area contributed by atoms with Crippen molar-refractivity contribution in [1.82, 2.24) is 0 Å². The van der Waals surface area contributed by atoms with Crippen molar-refractivity contribution in [3.8, 4) is 0 Å². The van der Waals surface area contributed by atoms with E-state index in [2.05, 4.69) is 0 Å². The summed E-state index contributed by atoms with van der Waals surface area (Å²) in [5.74, 6) is -1.14. The summed E-state index contributed by atoms with van der Waals surface area (Å²) in [5.41, 5.74) is 0.120. The molecule has 0 radical (unpaired) electrons. The maximum atomic E-state index is 10.8. The van der Waals surface area contributed by atoms with Gasteiger partial charge in [-0.25, -0.2) is 4.79 Å². The van der Waals surface area contributed by atoms with E-state index in [1.54, 1.807) is 0 Å². The zero-order chi connectivity index (χ0) is 9.47. The molecule has 2 aliphatic carbocycles. The highest BCUT2D eigenvalue weighted by Crippen LogP contribution is 2.24. The topological polar surface area (TPSA) is 57.5 Å². The van der Waals surface area contributed by atoms with E-state index >= 15 is 0 Å². The van der Waals surface area contributed by atoms with Gasteiger partial charge in [0, 0.05) is 12.8 Å². The third-order valence-electron chi connectivity index (χ3n) is 2.41. The molecule has 3 heteroatoms. The predicted octanol–water partition coefficient (Wildman–Crippen LogP) is 0.601. The smallest absolute Gasteiger partial charge is 0.336 e. The van der Waals surface area contributed by atoms with Crippen LogP contribution in [0.15, 0.2) is 24.3 Å². The summed E-state index contributed by atoms with van der Waals surface area (Å²) in [6.07, 6.45) is 0.387. The number of carbonyl (C=O) groups is 1. The largest absolute Gasteiger partial charge is 0.479 e. The fraction of sp³-hybridized carbons (Fsp3) is 0.300. The summed E-state index contributed by atoms with van der Waals surface area (Å²) in [6.45, 7) is 0. The van der Waals surface area contributed by atoms with Crippen LogP contribution >= 0.6 is 0 Å². The molecule has 0 unspecified atom stereocenters. The van der Waals surface area contributed by atoms with Crippen molar-refractivity contribution in [1.29, 1.82) is 0 Å². The van der Waals surface area contributed by atoms with E-state index < -0.39 is 11.6 Å². The molecule has 3 nitrogen and oxygen atoms in total. The van der Waals surface area contributed by atoms with Gasteiger partial charge in [0.25, 0.3) is 0 Å². The fourth-order valence-electron chi connectivity index (χ4n) is 1.66. The van der Waals surface area contributed by atoms with Crippen LogP contribution in [0.4, 0.5) is 0 Å². The van der Waals surface area contributed by atoms with Gasteiger partial charge in [-0.15, -0.1) is 0 Å². The molecular weight excluding hydrogens is 168 g/mol. The first-order valence-electron chi connectivity index (χ1n) is 4.14. The van der Waals surface area contributed by atoms with Crippen LogP contribution in [0, 0.1) is 0 Å². The van der Waals surface area contributed by atoms with Gasteiger partial charge in [0.1, 0.15) is 0 Å². The summed E-state index contributed by atoms with van der Waals surface area (Å²) in [6, 6.07) is 7.43. The molecule has 13 heavy (non-hydrogen) atoms. The van der Waals surface area contributed by atoms with E-state index in [0.717, 1.165) is 11.1 Å². The minimum Gasteiger partial charge on any atom is -0.479 e. The van der Waals surface area contributed by atoms with Gasteiger partial charge in [-0.05, 0) is 11.1 Å². The standard InChI is InChI=1S/C10H10O3/c11-9(12)10(13)5-7-1-2-8(6-10)4-3-7/h1-4,13H,5-6H2,(H,11,12). The maximum absolute atomic E-state index is 10.8. The monoisotopic (exact) mass is 178 g/mol. The Hall–Kier alpha value is -1.35. The highest BCUT2D eigenvalue weighted by Gasteiger charge is 2.37. The summed E-state index contributed by atoms with van der Waals surface area (Å²) in [5, 5.41) is 18.6. The van der Waals surface area contributed by atoms with E-state index in [-0.39, 0.29) is 12.8 Å². The first-order valence-corrected chi connectivity index (χ1v) is 4.14. The van der Waals surface area contributed by atoms with Gasteiger partial charge >= 0.3 is 5.97 Å². The lowest BCUT2D eigenvalue weighted by Gasteiger charge is -2.20. The van der Waals surface area contributed by atoms with Crippen LogP contribution in [0.3, 0.4) is 0 Å². The first-order chi connectivity index (χ1) is 6.10. The van der Waals surface area contributed by atoms with Gasteiger partial charge in [-0.3, -0.25) is 0 Å². The molecule has 1 aromatic carbocycles. The molecule has 0 aliphatic heterocycles. The van der Waals surface area contributed by atoms with Crippen molar-refractivity contribution in [2.24, 2.45) is 0 Å². The van der Waals surface area contributed by atoms with E-state index in [0.29, 0.717) is 0 Å². The number of fused-ring (bicyclic) bond motifs is 4. The van der Waals surface area contributed by atoms with Crippen molar-refractivity contribution in [3.05, 3.63) is 35.4 Å². The van der Waals surface area contributed by atoms with Crippen LogP contribution in [-0.2, 0) is 17.6 Å². The maximum Gasteiger partial charge on any atom is 0.336 e. The molecule has 0 amide bonds. The average Bonchev–Trinajstić information content (AvgIpc) is 2.32. The molecule has 0 saturated carbocycles. The number of benzene rings is 1. The number of carboxylic acids is 1. The molecular formula is C10H10O3. The molecule has 0 spiro atoms. The third-order valence-corrected chi connectivity index (χ3v) is 2.41. The summed E-state index contributed by atoms with van der Waals surface area (Å²) < 4.78 is 0. The first kappa shape index (κ1) is 8.26. The number of aliphatic carboxylic acids is 1. The summed E-state index contributed by atoms with van der Waals surface area (Å²) >= 11 is 0. The van der Waals surface area contributed by atoms with Crippen LogP contribution in [0.2, 0.25) is 0 Å². The lowest BCUT2D eigenvalue weighted by molar-refractivity contribution is -0.158. The van der Waals surface area contributed by atoms with Crippen LogP contribution in [-0.4, -0.2) is 21.8 Å². The highest BCUT2D eigenvalue weighted by molar-refractivity contribution is 5.78. The van der Waals surface area contributed by atoms with Crippen molar-refractivity contribution in [2.45, 2.75) is 18.4 Å². The molecule has 0 aromatic heterocycles. The van der Waals surface area contributed by atoms with Crippen LogP contribution < -0.4 is 0 Å². The molecule has 3 rings (SSSR count). The Morgan fingerprint density at radius 3 is 1.85 bits per heavy atom. The van der Waals surface area contributed by atoms with Crippen LogP contribution in [0.25, 0.3) is 0 Å². The van der Waals surface area contributed by atoms with Crippen LogP contribution in [0.1, 0.15) is 11.1 Å². The summed E-state index contributed by atoms with van der Waals surface area (Å²) in [7, 11) is 0. The fourth-order valence-corrected chi connectivity index (χ4v) is 1.66. The molecule has 0 atom stereocenters. The van der Waals surface area contributed by atoms with E-state index in [1.807, 2.05) is 24.3 Å². The quantitative estimate of drug-likeness (QED) is 0.662. The molecule has 2 bridgehead atoms. The van der Waals surface area contributed by atoms with Crippen molar-refractivity contribution in [3.63, 3.8) is 0 Å². The lowest BCUT2D eigenvalue weighted by Crippen LogP contribution is -2.42. The Labute approximate surface area is 75.6 Å². The number of hydrogen-bond acceptors (Lipinski definition) is 2. The second-order valence-electron chi connectivity index (χ2n) is 3.51. The molecule has 1 aromatic rings. The minimum absolute atomic E-state index is 0.193. The van der Waals surface area contributed by atoms with Gasteiger partial charge in [0.2, 0.25) is 0 Å². The Balaban J connectivity index is 2.42. The number of carboxylic acid groups (broad SMARTS) is 1. The molecule has 0 saturated heterocycles. The van der Waals surface area contributed by atoms with Crippen LogP contribution in [0.5, 0.6) is 0 Å². The van der Waals surface area contributed by atoms with Gasteiger partial charge in [-0.2, -0.15) is 0 Å². The van der Waals surface area contributed by atoms with Gasteiger partial charge in [-0.1, -0.05) is 24.3 Å². The molecule has 68 valence electrons. The predicted molar refractivity (Wildman–Crippen MR) is 46.4 cm³/mol. The minimum atomic E-state index is -1.61. The van der Waals surface area contributed by atoms with Crippen molar-refractivity contribution in [2.75, 3.05) is 0 Å². The normalized spacial score (nSPS) is 18.2. The van der Waals surface area contributed by atoms with Gasteiger partial charge < -0.3 is 10.2 Å². The SMILES string of the molecule is O=C(O)C1(O)Cc2ccc(cc2)C1. The number of rotatable bonds is 1. The van der Waals surface area contributed by atoms with E-state index in [1.165, 1.54) is 0 Å². The molecule has 2 N–H and O–H groups in total. The van der Waals surface area contributed by atoms with Gasteiger partial charge in [0.05, 0.1) is 0 Å². The summed E-state index contributed by atoms with van der Waals surface area (Å²) in [4.78, 5) is 10.8. The molecule has 2 aliphatic rings. The lowest BCUT2D eigenvalue weighted by atomic mass is 9.93. The molecule has 0 heterocycles. The molecule has 0 fully saturated rings. The average molecular weight is 178 g/mol. The van der Waals surface area contributed by atoms with Crippen molar-refractivity contribution >= 4 is 5.97 Å². The van der Waals surface area contributed by atoms with E-state index in [4.69, 9.17) is 5.11 Å². The number of aliphatic hydroxyl groups is 1. The highest BCUT2D eigenvalue weighted by atomic mass is 16.4. The Bertz CT molecular complexity index is 315. The van der Waals surface area contributed by atoms with E-state index in [9.17, 15) is 9.90 Å². The Kier molecular flexibility index (Phi) is 1.63. The second-order valence-corrected chi connectivity index (χ2v) is 3.51. The second kappa shape index (κ2) is 2.57. The Morgan fingerprint density at radius 1 is 1.15 bits per heavy atom. The zero-order valence-electron chi connectivity index (χ0n) is 7.03. The third kappa shape index (κ3) is 1.31. The number of hydrogen-bond donors (Lipinski definition) is 2. The van der Waals surface area contributed by atoms with Gasteiger partial charge in [0.15, 0.2) is 5.60 Å². The Morgan fingerprint density at radius 2 is 1.54 bits per heavy atom. The zero-order valence-corrected chi connectivity index (χ0v) is 7.03.